The molecule has 0 aliphatic rings. The molecule has 1 aromatic rings. The molecule has 1 rings (SSSR count). The molecule has 0 radical (unpaired) electrons. The maximum absolute atomic E-state index is 13.9. The van der Waals surface area contributed by atoms with Gasteiger partial charge in [0.25, 0.3) is 5.69 Å². The van der Waals surface area contributed by atoms with Gasteiger partial charge in [0, 0.05) is 6.07 Å². The molecule has 0 aliphatic heterocycles. The number of nitro benzene ring substituents is 1. The molecule has 0 spiro atoms. The lowest BCUT2D eigenvalue weighted by atomic mass is 10.1. The molecule has 11 heteroatoms. The van der Waals surface area contributed by atoms with Crippen LogP contribution in [0.15, 0.2) is 17.3 Å². The van der Waals surface area contributed by atoms with Crippen molar-refractivity contribution in [2.24, 2.45) is 0 Å². The molecule has 0 saturated heterocycles. The monoisotopic (exact) mass is 319 g/mol. The molecule has 0 saturated carbocycles. The first-order valence-corrected chi connectivity index (χ1v) is 5.39. The summed E-state index contributed by atoms with van der Waals surface area (Å²) >= 11 is 0. The van der Waals surface area contributed by atoms with Crippen LogP contribution < -0.4 is 5.32 Å². The lowest BCUT2D eigenvalue weighted by Crippen LogP contribution is -2.11. The Labute approximate surface area is 126 Å². The van der Waals surface area contributed by atoms with E-state index in [1.54, 1.807) is 5.32 Å². The highest BCUT2D eigenvalue weighted by molar-refractivity contribution is 5.90. The minimum Gasteiger partial charge on any atom is -0.478 e. The maximum atomic E-state index is 13.9. The number of benzene rings is 1. The average molecular weight is 319 g/mol. The Morgan fingerprint density at radius 3 is 2.17 bits per heavy atom. The summed E-state index contributed by atoms with van der Waals surface area (Å²) < 4.78 is 27.5. The Morgan fingerprint density at radius 1 is 1.22 bits per heavy atom. The fourth-order valence-electron chi connectivity index (χ4n) is 1.44. The average Bonchev–Trinajstić information content (AvgIpc) is 2.50. The summed E-state index contributed by atoms with van der Waals surface area (Å²) in [4.78, 5) is 20.4. The third kappa shape index (κ3) is 3.17. The number of anilines is 1. The number of allylic oxidation sites excluding steroid dienone is 2. The van der Waals surface area contributed by atoms with Crippen molar-refractivity contribution in [2.75, 3.05) is 5.32 Å². The van der Waals surface area contributed by atoms with Gasteiger partial charge >= 0.3 is 5.97 Å². The summed E-state index contributed by atoms with van der Waals surface area (Å²) in [6, 6.07) is 4.12. The summed E-state index contributed by atoms with van der Waals surface area (Å²) in [7, 11) is 0. The molecule has 0 heterocycles. The first-order chi connectivity index (χ1) is 10.8. The molecule has 0 fully saturated rings. The van der Waals surface area contributed by atoms with Gasteiger partial charge in [0.15, 0.2) is 22.9 Å². The largest absolute Gasteiger partial charge is 0.478 e. The predicted octanol–water partition coefficient (Wildman–Crippen LogP) is 1.81. The zero-order chi connectivity index (χ0) is 17.7. The molecule has 23 heavy (non-hydrogen) atoms. The third-order valence-corrected chi connectivity index (χ3v) is 2.45. The number of carboxylic acid groups (broad SMARTS) is 1. The highest BCUT2D eigenvalue weighted by Gasteiger charge is 2.29. The molecule has 9 nitrogen and oxygen atoms in total. The standard InChI is InChI=1S/C12H3F2N5O4/c13-9-6(12(20)21)1-8(19(22)23)11(10(9)14)18-7(4-17)5(2-15)3-16/h1,18H,(H,20,21). The number of nitriles is 3. The fraction of sp³-hybridized carbons (Fsp3) is 0. The minimum atomic E-state index is -1.94. The molecule has 0 unspecified atom stereocenters. The van der Waals surface area contributed by atoms with E-state index in [1.807, 2.05) is 0 Å². The van der Waals surface area contributed by atoms with Gasteiger partial charge in [-0.1, -0.05) is 0 Å². The number of nitro groups is 1. The van der Waals surface area contributed by atoms with Crippen LogP contribution >= 0.6 is 0 Å². The first-order valence-electron chi connectivity index (χ1n) is 5.39. The Bertz CT molecular complexity index is 857. The Hall–Kier alpha value is -4.04. The van der Waals surface area contributed by atoms with Crippen molar-refractivity contribution in [1.29, 1.82) is 15.8 Å². The SMILES string of the molecule is N#CC(C#N)=C(C#N)Nc1c([N+](=O)[O-])cc(C(=O)O)c(F)c1F. The summed E-state index contributed by atoms with van der Waals surface area (Å²) in [6.45, 7) is 0. The van der Waals surface area contributed by atoms with Crippen molar-refractivity contribution < 1.29 is 23.6 Å². The maximum Gasteiger partial charge on any atom is 0.339 e. The molecule has 114 valence electrons. The molecule has 0 aromatic heterocycles. The van der Waals surface area contributed by atoms with Crippen LogP contribution in [0.2, 0.25) is 0 Å². The number of carbonyl (C=O) groups is 1. The van der Waals surface area contributed by atoms with Crippen LogP contribution in [0.5, 0.6) is 0 Å². The number of aromatic carboxylic acids is 1. The van der Waals surface area contributed by atoms with Crippen LogP contribution in [-0.4, -0.2) is 16.0 Å². The zero-order valence-corrected chi connectivity index (χ0v) is 10.8. The molecule has 0 atom stereocenters. The second-order valence-electron chi connectivity index (χ2n) is 3.72. The van der Waals surface area contributed by atoms with Gasteiger partial charge in [0.2, 0.25) is 0 Å². The second kappa shape index (κ2) is 6.61. The Balaban J connectivity index is 3.71. The fourth-order valence-corrected chi connectivity index (χ4v) is 1.44. The van der Waals surface area contributed by atoms with Gasteiger partial charge in [-0.15, -0.1) is 0 Å². The highest BCUT2D eigenvalue weighted by atomic mass is 19.2. The van der Waals surface area contributed by atoms with Gasteiger partial charge < -0.3 is 10.4 Å². The normalized spacial score (nSPS) is 9.00. The van der Waals surface area contributed by atoms with E-state index < -0.39 is 50.7 Å². The van der Waals surface area contributed by atoms with E-state index in [2.05, 4.69) is 0 Å². The highest BCUT2D eigenvalue weighted by Crippen LogP contribution is 2.33. The van der Waals surface area contributed by atoms with E-state index in [0.29, 0.717) is 0 Å². The van der Waals surface area contributed by atoms with Crippen LogP contribution in [0.25, 0.3) is 0 Å². The van der Waals surface area contributed by atoms with Gasteiger partial charge in [-0.2, -0.15) is 15.8 Å². The quantitative estimate of drug-likeness (QED) is 0.481. The number of rotatable bonds is 4. The van der Waals surface area contributed by atoms with Gasteiger partial charge in [0.05, 0.1) is 4.92 Å². The number of nitrogens with zero attached hydrogens (tertiary/aromatic N) is 4. The summed E-state index contributed by atoms with van der Waals surface area (Å²) in [5.41, 5.74) is -5.35. The minimum absolute atomic E-state index is 0.247. The molecular formula is C12H3F2N5O4. The first kappa shape index (κ1) is 17.0. The smallest absolute Gasteiger partial charge is 0.339 e. The Morgan fingerprint density at radius 2 is 1.78 bits per heavy atom. The number of nitrogens with one attached hydrogen (secondary N) is 1. The van der Waals surface area contributed by atoms with Crippen molar-refractivity contribution in [3.8, 4) is 18.2 Å². The van der Waals surface area contributed by atoms with E-state index in [-0.39, 0.29) is 6.07 Å². The van der Waals surface area contributed by atoms with E-state index in [1.165, 1.54) is 18.2 Å². The molecular weight excluding hydrogens is 316 g/mol. The lowest BCUT2D eigenvalue weighted by molar-refractivity contribution is -0.384. The molecule has 2 N–H and O–H groups in total. The molecule has 1 aromatic carbocycles. The van der Waals surface area contributed by atoms with Gasteiger partial charge in [-0.05, 0) is 0 Å². The summed E-state index contributed by atoms with van der Waals surface area (Å²) in [5, 5.41) is 47.4. The van der Waals surface area contributed by atoms with Crippen molar-refractivity contribution >= 4 is 17.3 Å². The third-order valence-electron chi connectivity index (χ3n) is 2.45. The van der Waals surface area contributed by atoms with Gasteiger partial charge in [-0.3, -0.25) is 10.1 Å². The lowest BCUT2D eigenvalue weighted by Gasteiger charge is -2.09. The summed E-state index contributed by atoms with van der Waals surface area (Å²) in [5.74, 6) is -5.79. The molecule has 0 bridgehead atoms. The topological polar surface area (TPSA) is 164 Å². The van der Waals surface area contributed by atoms with Crippen LogP contribution in [0.3, 0.4) is 0 Å². The van der Waals surface area contributed by atoms with Crippen molar-refractivity contribution in [2.45, 2.75) is 0 Å². The van der Waals surface area contributed by atoms with Crippen LogP contribution in [0.1, 0.15) is 10.4 Å². The van der Waals surface area contributed by atoms with E-state index in [4.69, 9.17) is 20.9 Å². The van der Waals surface area contributed by atoms with Crippen molar-refractivity contribution in [3.63, 3.8) is 0 Å². The van der Waals surface area contributed by atoms with Crippen LogP contribution in [-0.2, 0) is 0 Å². The van der Waals surface area contributed by atoms with Crippen molar-refractivity contribution in [3.05, 3.63) is 44.6 Å². The zero-order valence-electron chi connectivity index (χ0n) is 10.8. The number of hydrogen-bond donors (Lipinski definition) is 2. The van der Waals surface area contributed by atoms with Crippen LogP contribution in [0.4, 0.5) is 20.2 Å². The van der Waals surface area contributed by atoms with E-state index in [0.717, 1.165) is 0 Å². The van der Waals surface area contributed by atoms with Crippen molar-refractivity contribution in [1.82, 2.24) is 0 Å². The summed E-state index contributed by atoms with van der Waals surface area (Å²) in [6.07, 6.45) is 0. The van der Waals surface area contributed by atoms with Gasteiger partial charge in [-0.25, -0.2) is 13.6 Å². The van der Waals surface area contributed by atoms with Gasteiger partial charge in [0.1, 0.15) is 29.5 Å². The number of halogens is 2. The second-order valence-corrected chi connectivity index (χ2v) is 3.72. The predicted molar refractivity (Wildman–Crippen MR) is 67.5 cm³/mol. The van der Waals surface area contributed by atoms with E-state index in [9.17, 15) is 23.7 Å². The van der Waals surface area contributed by atoms with Crippen LogP contribution in [0, 0.1) is 55.7 Å². The molecule has 0 amide bonds. The number of hydrogen-bond acceptors (Lipinski definition) is 7. The number of carboxylic acids is 1. The van der Waals surface area contributed by atoms with E-state index >= 15 is 0 Å². The molecule has 0 aliphatic carbocycles. The Kier molecular flexibility index (Phi) is 4.89.